The normalized spacial score (nSPS) is 22.3. The SMILES string of the molecule is CC=CC(=O)NC1CCC(=O)N(C)C1=O. The Kier molecular flexibility index (Phi) is 3.60. The van der Waals surface area contributed by atoms with Gasteiger partial charge in [0.15, 0.2) is 0 Å². The van der Waals surface area contributed by atoms with Gasteiger partial charge in [-0.3, -0.25) is 19.3 Å². The fraction of sp³-hybridized carbons (Fsp3) is 0.500. The lowest BCUT2D eigenvalue weighted by molar-refractivity contribution is -0.149. The molecule has 5 heteroatoms. The Balaban J connectivity index is 2.61. The molecule has 0 bridgehead atoms. The average Bonchev–Trinajstić information content (AvgIpc) is 2.20. The van der Waals surface area contributed by atoms with Gasteiger partial charge in [-0.1, -0.05) is 6.08 Å². The van der Waals surface area contributed by atoms with Gasteiger partial charge >= 0.3 is 0 Å². The Morgan fingerprint density at radius 3 is 2.80 bits per heavy atom. The zero-order valence-electron chi connectivity index (χ0n) is 8.82. The van der Waals surface area contributed by atoms with E-state index in [4.69, 9.17) is 0 Å². The Hall–Kier alpha value is -1.65. The first-order valence-electron chi connectivity index (χ1n) is 4.80. The molecule has 0 aliphatic carbocycles. The summed E-state index contributed by atoms with van der Waals surface area (Å²) in [6, 6.07) is -0.573. The zero-order valence-corrected chi connectivity index (χ0v) is 8.82. The van der Waals surface area contributed by atoms with Gasteiger partial charge < -0.3 is 5.32 Å². The molecule has 1 fully saturated rings. The van der Waals surface area contributed by atoms with E-state index in [0.29, 0.717) is 12.8 Å². The van der Waals surface area contributed by atoms with Crippen molar-refractivity contribution in [1.29, 1.82) is 0 Å². The van der Waals surface area contributed by atoms with Crippen molar-refractivity contribution in [1.82, 2.24) is 10.2 Å². The van der Waals surface area contributed by atoms with Gasteiger partial charge in [-0.15, -0.1) is 0 Å². The van der Waals surface area contributed by atoms with Gasteiger partial charge in [-0.05, 0) is 19.4 Å². The van der Waals surface area contributed by atoms with Crippen molar-refractivity contribution in [3.8, 4) is 0 Å². The lowest BCUT2D eigenvalue weighted by atomic mass is 10.0. The van der Waals surface area contributed by atoms with Crippen LogP contribution in [0.3, 0.4) is 0 Å². The van der Waals surface area contributed by atoms with Crippen LogP contribution in [-0.2, 0) is 14.4 Å². The molecule has 0 aromatic carbocycles. The van der Waals surface area contributed by atoms with Crippen LogP contribution in [0.1, 0.15) is 19.8 Å². The van der Waals surface area contributed by atoms with Crippen LogP contribution in [0.15, 0.2) is 12.2 Å². The summed E-state index contributed by atoms with van der Waals surface area (Å²) in [5.41, 5.74) is 0. The number of likely N-dealkylation sites (tertiary alicyclic amines) is 1. The van der Waals surface area contributed by atoms with E-state index in [9.17, 15) is 14.4 Å². The van der Waals surface area contributed by atoms with Crippen LogP contribution in [0.2, 0.25) is 0 Å². The maximum atomic E-state index is 11.5. The predicted octanol–water partition coefficient (Wildman–Crippen LogP) is -0.174. The standard InChI is InChI=1S/C10H14N2O3/c1-3-4-8(13)11-7-5-6-9(14)12(2)10(7)15/h3-4,7H,5-6H2,1-2H3,(H,11,13). The van der Waals surface area contributed by atoms with E-state index in [1.54, 1.807) is 13.0 Å². The van der Waals surface area contributed by atoms with Crippen LogP contribution < -0.4 is 5.32 Å². The third-order valence-corrected chi connectivity index (χ3v) is 2.28. The van der Waals surface area contributed by atoms with E-state index in [0.717, 1.165) is 4.90 Å². The van der Waals surface area contributed by atoms with Gasteiger partial charge in [-0.2, -0.15) is 0 Å². The van der Waals surface area contributed by atoms with E-state index in [-0.39, 0.29) is 17.7 Å². The Morgan fingerprint density at radius 2 is 2.20 bits per heavy atom. The summed E-state index contributed by atoms with van der Waals surface area (Å²) < 4.78 is 0. The molecule has 15 heavy (non-hydrogen) atoms. The zero-order chi connectivity index (χ0) is 11.4. The number of carbonyl (C=O) groups is 3. The number of hydrogen-bond acceptors (Lipinski definition) is 3. The highest BCUT2D eigenvalue weighted by molar-refractivity contribution is 6.02. The first kappa shape index (κ1) is 11.4. The molecule has 1 aliphatic heterocycles. The molecule has 82 valence electrons. The lowest BCUT2D eigenvalue weighted by Crippen LogP contribution is -2.52. The minimum atomic E-state index is -0.573. The van der Waals surface area contributed by atoms with Crippen LogP contribution in [-0.4, -0.2) is 35.7 Å². The fourth-order valence-corrected chi connectivity index (χ4v) is 1.42. The second-order valence-corrected chi connectivity index (χ2v) is 3.39. The number of rotatable bonds is 2. The van der Waals surface area contributed by atoms with Crippen LogP contribution in [0.5, 0.6) is 0 Å². The Bertz CT molecular complexity index is 323. The third kappa shape index (κ3) is 2.65. The second-order valence-electron chi connectivity index (χ2n) is 3.39. The highest BCUT2D eigenvalue weighted by Gasteiger charge is 2.32. The molecular weight excluding hydrogens is 196 g/mol. The van der Waals surface area contributed by atoms with E-state index in [1.165, 1.54) is 13.1 Å². The first-order chi connectivity index (χ1) is 7.06. The summed E-state index contributed by atoms with van der Waals surface area (Å²) in [6.07, 6.45) is 3.62. The maximum Gasteiger partial charge on any atom is 0.251 e. The lowest BCUT2D eigenvalue weighted by Gasteiger charge is -2.27. The van der Waals surface area contributed by atoms with Crippen molar-refractivity contribution >= 4 is 17.7 Å². The van der Waals surface area contributed by atoms with Gasteiger partial charge in [0, 0.05) is 13.5 Å². The van der Waals surface area contributed by atoms with Crippen molar-refractivity contribution in [3.05, 3.63) is 12.2 Å². The number of imide groups is 1. The summed E-state index contributed by atoms with van der Waals surface area (Å²) in [5, 5.41) is 2.55. The van der Waals surface area contributed by atoms with Crippen LogP contribution >= 0.6 is 0 Å². The van der Waals surface area contributed by atoms with Gasteiger partial charge in [0.25, 0.3) is 5.91 Å². The molecule has 0 aromatic rings. The second kappa shape index (κ2) is 4.72. The molecule has 1 saturated heterocycles. The number of hydrogen-bond donors (Lipinski definition) is 1. The molecule has 1 rings (SSSR count). The monoisotopic (exact) mass is 210 g/mol. The maximum absolute atomic E-state index is 11.5. The van der Waals surface area contributed by atoms with Crippen LogP contribution in [0.4, 0.5) is 0 Å². The average molecular weight is 210 g/mol. The molecule has 1 N–H and O–H groups in total. The van der Waals surface area contributed by atoms with E-state index in [2.05, 4.69) is 5.32 Å². The highest BCUT2D eigenvalue weighted by Crippen LogP contribution is 2.11. The van der Waals surface area contributed by atoms with Gasteiger partial charge in [0.2, 0.25) is 11.8 Å². The van der Waals surface area contributed by atoms with Gasteiger partial charge in [0.1, 0.15) is 6.04 Å². The molecule has 1 aliphatic rings. The summed E-state index contributed by atoms with van der Waals surface area (Å²) in [6.45, 7) is 1.72. The molecular formula is C10H14N2O3. The van der Waals surface area contributed by atoms with Crippen molar-refractivity contribution in [2.45, 2.75) is 25.8 Å². The minimum absolute atomic E-state index is 0.198. The summed E-state index contributed by atoms with van der Waals surface area (Å²) >= 11 is 0. The van der Waals surface area contributed by atoms with Crippen LogP contribution in [0.25, 0.3) is 0 Å². The molecule has 1 atom stereocenters. The number of nitrogens with zero attached hydrogens (tertiary/aromatic N) is 1. The largest absolute Gasteiger partial charge is 0.341 e. The summed E-state index contributed by atoms with van der Waals surface area (Å²) in [4.78, 5) is 34.9. The van der Waals surface area contributed by atoms with Crippen molar-refractivity contribution in [2.75, 3.05) is 7.05 Å². The molecule has 3 amide bonds. The Morgan fingerprint density at radius 1 is 1.53 bits per heavy atom. The molecule has 1 unspecified atom stereocenters. The smallest absolute Gasteiger partial charge is 0.251 e. The predicted molar refractivity (Wildman–Crippen MR) is 53.8 cm³/mol. The number of amides is 3. The van der Waals surface area contributed by atoms with E-state index < -0.39 is 6.04 Å². The van der Waals surface area contributed by atoms with Crippen molar-refractivity contribution in [2.24, 2.45) is 0 Å². The van der Waals surface area contributed by atoms with Crippen molar-refractivity contribution in [3.63, 3.8) is 0 Å². The number of carbonyl (C=O) groups excluding carboxylic acids is 3. The summed E-state index contributed by atoms with van der Waals surface area (Å²) in [7, 11) is 1.43. The number of allylic oxidation sites excluding steroid dienone is 1. The van der Waals surface area contributed by atoms with E-state index in [1.807, 2.05) is 0 Å². The van der Waals surface area contributed by atoms with Gasteiger partial charge in [-0.25, -0.2) is 0 Å². The topological polar surface area (TPSA) is 66.5 Å². The first-order valence-corrected chi connectivity index (χ1v) is 4.80. The molecule has 0 radical (unpaired) electrons. The van der Waals surface area contributed by atoms with Crippen LogP contribution in [0, 0.1) is 0 Å². The quantitative estimate of drug-likeness (QED) is 0.508. The molecule has 1 heterocycles. The van der Waals surface area contributed by atoms with E-state index >= 15 is 0 Å². The fourth-order valence-electron chi connectivity index (χ4n) is 1.42. The van der Waals surface area contributed by atoms with Crippen molar-refractivity contribution < 1.29 is 14.4 Å². The number of likely N-dealkylation sites (N-methyl/N-ethyl adjacent to an activating group) is 1. The highest BCUT2D eigenvalue weighted by atomic mass is 16.2. The third-order valence-electron chi connectivity index (χ3n) is 2.28. The minimum Gasteiger partial charge on any atom is -0.341 e. The molecule has 0 saturated carbocycles. The molecule has 0 spiro atoms. The summed E-state index contributed by atoms with van der Waals surface area (Å²) in [5.74, 6) is -0.848. The number of piperidine rings is 1. The molecule has 0 aromatic heterocycles. The van der Waals surface area contributed by atoms with Gasteiger partial charge in [0.05, 0.1) is 0 Å². The molecule has 5 nitrogen and oxygen atoms in total. The Labute approximate surface area is 88.1 Å². The number of nitrogens with one attached hydrogen (secondary N) is 1.